The summed E-state index contributed by atoms with van der Waals surface area (Å²) in [6, 6.07) is 7.95. The van der Waals surface area contributed by atoms with Gasteiger partial charge >= 0.3 is 6.18 Å². The van der Waals surface area contributed by atoms with Crippen LogP contribution in [-0.2, 0) is 6.18 Å². The number of rotatable bonds is 4. The molecule has 0 radical (unpaired) electrons. The van der Waals surface area contributed by atoms with Crippen LogP contribution in [0, 0.1) is 16.7 Å². The van der Waals surface area contributed by atoms with Crippen LogP contribution in [0.2, 0.25) is 0 Å². The van der Waals surface area contributed by atoms with Gasteiger partial charge in [0.1, 0.15) is 6.07 Å². The first-order valence-electron chi connectivity index (χ1n) is 6.02. The summed E-state index contributed by atoms with van der Waals surface area (Å²) in [6.45, 7) is 0. The third kappa shape index (κ3) is 4.04. The maximum absolute atomic E-state index is 12.6. The van der Waals surface area contributed by atoms with Gasteiger partial charge in [0.25, 0.3) is 0 Å². The SMILES string of the molecule is N#C/C(=N\Nc1cccc(-c2csc(C(F)(F)F)n2)c1)C(=N)N. The number of thiazole rings is 1. The lowest BCUT2D eigenvalue weighted by atomic mass is 10.1. The molecule has 0 fully saturated rings. The Morgan fingerprint density at radius 1 is 1.43 bits per heavy atom. The van der Waals surface area contributed by atoms with Crippen molar-refractivity contribution in [2.24, 2.45) is 10.8 Å². The number of hydrazone groups is 1. The van der Waals surface area contributed by atoms with E-state index in [0.29, 0.717) is 22.6 Å². The first kappa shape index (κ1) is 16.4. The van der Waals surface area contributed by atoms with Crippen molar-refractivity contribution in [1.29, 1.82) is 10.7 Å². The van der Waals surface area contributed by atoms with Crippen molar-refractivity contribution in [2.75, 3.05) is 5.43 Å². The fourth-order valence-electron chi connectivity index (χ4n) is 1.55. The van der Waals surface area contributed by atoms with Gasteiger partial charge in [-0.05, 0) is 12.1 Å². The van der Waals surface area contributed by atoms with Crippen LogP contribution in [0.25, 0.3) is 11.3 Å². The maximum Gasteiger partial charge on any atom is 0.443 e. The van der Waals surface area contributed by atoms with Crippen molar-refractivity contribution in [2.45, 2.75) is 6.18 Å². The van der Waals surface area contributed by atoms with Crippen LogP contribution in [0.5, 0.6) is 0 Å². The fourth-order valence-corrected chi connectivity index (χ4v) is 2.25. The topological polar surface area (TPSA) is 111 Å². The van der Waals surface area contributed by atoms with E-state index >= 15 is 0 Å². The summed E-state index contributed by atoms with van der Waals surface area (Å²) in [5.41, 5.74) is 8.42. The molecule has 0 aliphatic heterocycles. The molecule has 118 valence electrons. The van der Waals surface area contributed by atoms with Crippen LogP contribution >= 0.6 is 11.3 Å². The van der Waals surface area contributed by atoms with Crippen LogP contribution in [0.4, 0.5) is 18.9 Å². The molecule has 1 aromatic heterocycles. The first-order chi connectivity index (χ1) is 10.8. The standard InChI is InChI=1S/C13H9F3N6S/c14-13(15,16)12-20-10(6-23-12)7-2-1-3-8(4-7)21-22-9(5-17)11(18)19/h1-4,6,21H,(H3,18,19)/b22-9+. The number of nitrogens with two attached hydrogens (primary N) is 1. The van der Waals surface area contributed by atoms with Crippen molar-refractivity contribution in [3.8, 4) is 17.3 Å². The summed E-state index contributed by atoms with van der Waals surface area (Å²) < 4.78 is 37.7. The molecular formula is C13H9F3N6S. The summed E-state index contributed by atoms with van der Waals surface area (Å²) in [7, 11) is 0. The van der Waals surface area contributed by atoms with Gasteiger partial charge in [-0.25, -0.2) is 4.98 Å². The number of hydrogen-bond donors (Lipinski definition) is 3. The second-order valence-electron chi connectivity index (χ2n) is 4.21. The fraction of sp³-hybridized carbons (Fsp3) is 0.0769. The predicted molar refractivity (Wildman–Crippen MR) is 81.1 cm³/mol. The van der Waals surface area contributed by atoms with E-state index in [4.69, 9.17) is 16.4 Å². The van der Waals surface area contributed by atoms with E-state index in [2.05, 4.69) is 15.5 Å². The average Bonchev–Trinajstić information content (AvgIpc) is 2.98. The Kier molecular flexibility index (Phi) is 4.61. The number of nitrogens with one attached hydrogen (secondary N) is 2. The molecule has 0 spiro atoms. The van der Waals surface area contributed by atoms with Crippen molar-refractivity contribution in [3.63, 3.8) is 0 Å². The van der Waals surface area contributed by atoms with Crippen molar-refractivity contribution in [1.82, 2.24) is 4.98 Å². The minimum absolute atomic E-state index is 0.182. The van der Waals surface area contributed by atoms with Gasteiger partial charge in [0.05, 0.1) is 11.4 Å². The van der Waals surface area contributed by atoms with Gasteiger partial charge in [0.15, 0.2) is 10.8 Å². The highest BCUT2D eigenvalue weighted by molar-refractivity contribution is 7.10. The normalized spacial score (nSPS) is 11.8. The molecule has 10 heteroatoms. The van der Waals surface area contributed by atoms with Gasteiger partial charge in [-0.2, -0.15) is 23.5 Å². The second-order valence-corrected chi connectivity index (χ2v) is 5.07. The van der Waals surface area contributed by atoms with E-state index in [-0.39, 0.29) is 11.4 Å². The number of amidine groups is 1. The summed E-state index contributed by atoms with van der Waals surface area (Å²) in [5.74, 6) is -0.495. The lowest BCUT2D eigenvalue weighted by Crippen LogP contribution is -2.21. The lowest BCUT2D eigenvalue weighted by Gasteiger charge is -2.04. The Bertz CT molecular complexity index is 803. The Hall–Kier alpha value is -2.93. The summed E-state index contributed by atoms with van der Waals surface area (Å²) in [6.07, 6.45) is -4.48. The molecule has 1 aromatic carbocycles. The largest absolute Gasteiger partial charge is 0.443 e. The van der Waals surface area contributed by atoms with Crippen LogP contribution in [0.1, 0.15) is 5.01 Å². The monoisotopic (exact) mass is 338 g/mol. The van der Waals surface area contributed by atoms with Gasteiger partial charge in [0.2, 0.25) is 5.71 Å². The Balaban J connectivity index is 2.25. The van der Waals surface area contributed by atoms with Gasteiger partial charge < -0.3 is 5.73 Å². The highest BCUT2D eigenvalue weighted by atomic mass is 32.1. The summed E-state index contributed by atoms with van der Waals surface area (Å²) in [5, 5.41) is 19.9. The number of halogens is 3. The number of aromatic nitrogens is 1. The third-order valence-corrected chi connectivity index (χ3v) is 3.45. The smallest absolute Gasteiger partial charge is 0.382 e. The minimum Gasteiger partial charge on any atom is -0.382 e. The number of anilines is 1. The first-order valence-corrected chi connectivity index (χ1v) is 6.90. The van der Waals surface area contributed by atoms with Crippen molar-refractivity contribution >= 4 is 28.6 Å². The van der Waals surface area contributed by atoms with Crippen molar-refractivity contribution in [3.05, 3.63) is 34.7 Å². The van der Waals surface area contributed by atoms with Gasteiger partial charge in [0, 0.05) is 10.9 Å². The van der Waals surface area contributed by atoms with Gasteiger partial charge in [-0.15, -0.1) is 11.3 Å². The summed E-state index contributed by atoms with van der Waals surface area (Å²) in [4.78, 5) is 3.56. The number of nitriles is 1. The highest BCUT2D eigenvalue weighted by Crippen LogP contribution is 2.34. The highest BCUT2D eigenvalue weighted by Gasteiger charge is 2.34. The molecule has 0 aliphatic rings. The van der Waals surface area contributed by atoms with Crippen molar-refractivity contribution < 1.29 is 13.2 Å². The number of nitrogens with zero attached hydrogens (tertiary/aromatic N) is 3. The predicted octanol–water partition coefficient (Wildman–Crippen LogP) is 3.06. The molecule has 2 rings (SSSR count). The third-order valence-electron chi connectivity index (χ3n) is 2.56. The molecule has 1 heterocycles. The Morgan fingerprint density at radius 2 is 2.17 bits per heavy atom. The average molecular weight is 338 g/mol. The van der Waals surface area contributed by atoms with Crippen LogP contribution in [-0.4, -0.2) is 16.5 Å². The number of benzene rings is 1. The second kappa shape index (κ2) is 6.45. The number of hydrogen-bond acceptors (Lipinski definition) is 6. The molecule has 0 aliphatic carbocycles. The molecule has 0 saturated heterocycles. The molecule has 0 saturated carbocycles. The van der Waals surface area contributed by atoms with Crippen LogP contribution < -0.4 is 11.2 Å². The Labute approximate surface area is 132 Å². The quantitative estimate of drug-likeness (QED) is 0.452. The molecular weight excluding hydrogens is 329 g/mol. The molecule has 23 heavy (non-hydrogen) atoms. The molecule has 6 nitrogen and oxygen atoms in total. The zero-order valence-electron chi connectivity index (χ0n) is 11.3. The van der Waals surface area contributed by atoms with Crippen LogP contribution in [0.3, 0.4) is 0 Å². The molecule has 0 bridgehead atoms. The van der Waals surface area contributed by atoms with E-state index in [1.54, 1.807) is 24.3 Å². The minimum atomic E-state index is -4.48. The van der Waals surface area contributed by atoms with E-state index in [1.165, 1.54) is 11.4 Å². The van der Waals surface area contributed by atoms with E-state index in [9.17, 15) is 13.2 Å². The van der Waals surface area contributed by atoms with E-state index in [0.717, 1.165) is 0 Å². The molecule has 0 atom stereocenters. The lowest BCUT2D eigenvalue weighted by molar-refractivity contribution is -0.137. The maximum atomic E-state index is 12.6. The molecule has 0 amide bonds. The van der Waals surface area contributed by atoms with Crippen LogP contribution in [0.15, 0.2) is 34.7 Å². The van der Waals surface area contributed by atoms with Gasteiger partial charge in [-0.3, -0.25) is 10.8 Å². The zero-order valence-corrected chi connectivity index (χ0v) is 12.2. The van der Waals surface area contributed by atoms with E-state index in [1.807, 2.05) is 0 Å². The Morgan fingerprint density at radius 3 is 2.74 bits per heavy atom. The zero-order chi connectivity index (χ0) is 17.0. The van der Waals surface area contributed by atoms with Gasteiger partial charge in [-0.1, -0.05) is 12.1 Å². The van der Waals surface area contributed by atoms with E-state index < -0.39 is 17.0 Å². The summed E-state index contributed by atoms with van der Waals surface area (Å²) >= 11 is 0.511. The number of alkyl halides is 3. The molecule has 0 unspecified atom stereocenters. The molecule has 2 aromatic rings. The molecule has 4 N–H and O–H groups in total.